The highest BCUT2D eigenvalue weighted by Gasteiger charge is 2.20. The van der Waals surface area contributed by atoms with Gasteiger partial charge in [-0.15, -0.1) is 0 Å². The Morgan fingerprint density at radius 1 is 1.15 bits per heavy atom. The highest BCUT2D eigenvalue weighted by atomic mass is 16.5. The zero-order chi connectivity index (χ0) is 14.7. The summed E-state index contributed by atoms with van der Waals surface area (Å²) in [5, 5.41) is 0. The van der Waals surface area contributed by atoms with Crippen LogP contribution < -0.4 is 15.2 Å². The van der Waals surface area contributed by atoms with Gasteiger partial charge in [0, 0.05) is 17.3 Å². The van der Waals surface area contributed by atoms with E-state index in [1.807, 2.05) is 32.0 Å². The SMILES string of the molecule is COc1cc(C)cc(C)c1C(N)c1cccnc1OC. The fourth-order valence-corrected chi connectivity index (χ4v) is 2.47. The summed E-state index contributed by atoms with van der Waals surface area (Å²) in [5.41, 5.74) is 10.5. The monoisotopic (exact) mass is 272 g/mol. The van der Waals surface area contributed by atoms with E-state index in [-0.39, 0.29) is 6.04 Å². The van der Waals surface area contributed by atoms with Crippen molar-refractivity contribution in [2.75, 3.05) is 14.2 Å². The third-order valence-corrected chi connectivity index (χ3v) is 3.35. The van der Waals surface area contributed by atoms with Crippen molar-refractivity contribution in [1.29, 1.82) is 0 Å². The molecule has 106 valence electrons. The average molecular weight is 272 g/mol. The first-order valence-corrected chi connectivity index (χ1v) is 6.48. The van der Waals surface area contributed by atoms with Crippen LogP contribution in [0, 0.1) is 13.8 Å². The standard InChI is InChI=1S/C16H20N2O2/c1-10-8-11(2)14(13(9-10)19-3)15(17)12-6-5-7-18-16(12)20-4/h5-9,15H,17H2,1-4H3. The molecule has 2 aromatic rings. The molecule has 0 saturated heterocycles. The molecule has 4 heteroatoms. The zero-order valence-corrected chi connectivity index (χ0v) is 12.3. The van der Waals surface area contributed by atoms with Crippen molar-refractivity contribution in [2.24, 2.45) is 5.73 Å². The fourth-order valence-electron chi connectivity index (χ4n) is 2.47. The average Bonchev–Trinajstić information content (AvgIpc) is 2.45. The fraction of sp³-hybridized carbons (Fsp3) is 0.312. The summed E-state index contributed by atoms with van der Waals surface area (Å²) in [6.07, 6.45) is 1.69. The number of benzene rings is 1. The lowest BCUT2D eigenvalue weighted by Gasteiger charge is -2.20. The van der Waals surface area contributed by atoms with E-state index in [1.165, 1.54) is 0 Å². The summed E-state index contributed by atoms with van der Waals surface area (Å²) in [4.78, 5) is 4.20. The molecule has 20 heavy (non-hydrogen) atoms. The van der Waals surface area contributed by atoms with Crippen molar-refractivity contribution in [3.8, 4) is 11.6 Å². The first-order valence-electron chi connectivity index (χ1n) is 6.48. The van der Waals surface area contributed by atoms with Crippen LogP contribution in [-0.4, -0.2) is 19.2 Å². The van der Waals surface area contributed by atoms with Crippen molar-refractivity contribution in [2.45, 2.75) is 19.9 Å². The summed E-state index contributed by atoms with van der Waals surface area (Å²) in [6.45, 7) is 4.07. The Morgan fingerprint density at radius 2 is 1.90 bits per heavy atom. The molecule has 0 aliphatic rings. The molecular formula is C16H20N2O2. The topological polar surface area (TPSA) is 57.4 Å². The highest BCUT2D eigenvalue weighted by molar-refractivity contribution is 5.49. The summed E-state index contributed by atoms with van der Waals surface area (Å²) in [6, 6.07) is 7.53. The smallest absolute Gasteiger partial charge is 0.218 e. The quantitative estimate of drug-likeness (QED) is 0.929. The number of nitrogens with two attached hydrogens (primary N) is 1. The van der Waals surface area contributed by atoms with Crippen molar-refractivity contribution >= 4 is 0 Å². The van der Waals surface area contributed by atoms with Gasteiger partial charge < -0.3 is 15.2 Å². The number of nitrogens with zero attached hydrogens (tertiary/aromatic N) is 1. The van der Waals surface area contributed by atoms with E-state index < -0.39 is 0 Å². The van der Waals surface area contributed by atoms with E-state index in [0.29, 0.717) is 5.88 Å². The summed E-state index contributed by atoms with van der Waals surface area (Å²) < 4.78 is 10.8. The summed E-state index contributed by atoms with van der Waals surface area (Å²) >= 11 is 0. The second-order valence-corrected chi connectivity index (χ2v) is 4.78. The third-order valence-electron chi connectivity index (χ3n) is 3.35. The molecule has 1 aromatic carbocycles. The van der Waals surface area contributed by atoms with Crippen LogP contribution in [0.2, 0.25) is 0 Å². The van der Waals surface area contributed by atoms with Gasteiger partial charge in [-0.1, -0.05) is 12.1 Å². The Labute approximate surface area is 119 Å². The molecule has 0 radical (unpaired) electrons. The van der Waals surface area contributed by atoms with Gasteiger partial charge in [0.1, 0.15) is 5.75 Å². The summed E-state index contributed by atoms with van der Waals surface area (Å²) in [5.74, 6) is 1.34. The van der Waals surface area contributed by atoms with Gasteiger partial charge in [0.2, 0.25) is 5.88 Å². The maximum Gasteiger partial charge on any atom is 0.218 e. The highest BCUT2D eigenvalue weighted by Crippen LogP contribution is 2.34. The minimum atomic E-state index is -0.339. The van der Waals surface area contributed by atoms with Gasteiger partial charge in [-0.25, -0.2) is 4.98 Å². The first kappa shape index (κ1) is 14.3. The van der Waals surface area contributed by atoms with Crippen LogP contribution in [0.3, 0.4) is 0 Å². The van der Waals surface area contributed by atoms with Crippen LogP contribution in [0.4, 0.5) is 0 Å². The molecule has 1 atom stereocenters. The molecule has 0 fully saturated rings. The van der Waals surface area contributed by atoms with Crippen LogP contribution >= 0.6 is 0 Å². The van der Waals surface area contributed by atoms with Crippen LogP contribution in [0.1, 0.15) is 28.3 Å². The van der Waals surface area contributed by atoms with Crippen LogP contribution in [0.25, 0.3) is 0 Å². The van der Waals surface area contributed by atoms with E-state index in [1.54, 1.807) is 20.4 Å². The Hall–Kier alpha value is -2.07. The molecule has 1 aromatic heterocycles. The number of aryl methyl sites for hydroxylation is 2. The van der Waals surface area contributed by atoms with Gasteiger partial charge in [0.25, 0.3) is 0 Å². The zero-order valence-electron chi connectivity index (χ0n) is 12.3. The van der Waals surface area contributed by atoms with Gasteiger partial charge in [-0.3, -0.25) is 0 Å². The second kappa shape index (κ2) is 5.92. The van der Waals surface area contributed by atoms with Crippen LogP contribution in [0.5, 0.6) is 11.6 Å². The van der Waals surface area contributed by atoms with Gasteiger partial charge in [-0.05, 0) is 37.1 Å². The summed E-state index contributed by atoms with van der Waals surface area (Å²) in [7, 11) is 3.25. The maximum atomic E-state index is 6.42. The van der Waals surface area contributed by atoms with Crippen LogP contribution in [-0.2, 0) is 0 Å². The molecule has 1 unspecified atom stereocenters. The Bertz CT molecular complexity index is 611. The lowest BCUT2D eigenvalue weighted by atomic mass is 9.94. The lowest BCUT2D eigenvalue weighted by molar-refractivity contribution is 0.387. The molecular weight excluding hydrogens is 252 g/mol. The maximum absolute atomic E-state index is 6.42. The predicted octanol–water partition coefficient (Wildman–Crippen LogP) is 2.76. The number of ether oxygens (including phenoxy) is 2. The number of aromatic nitrogens is 1. The number of rotatable bonds is 4. The Balaban J connectivity index is 2.56. The molecule has 2 rings (SSSR count). The van der Waals surface area contributed by atoms with E-state index in [2.05, 4.69) is 11.1 Å². The molecule has 1 heterocycles. The van der Waals surface area contributed by atoms with Crippen molar-refractivity contribution < 1.29 is 9.47 Å². The minimum absolute atomic E-state index is 0.339. The number of hydrogen-bond donors (Lipinski definition) is 1. The predicted molar refractivity (Wildman–Crippen MR) is 79.3 cm³/mol. The van der Waals surface area contributed by atoms with Crippen molar-refractivity contribution in [1.82, 2.24) is 4.98 Å². The number of pyridine rings is 1. The molecule has 0 bridgehead atoms. The van der Waals surface area contributed by atoms with E-state index >= 15 is 0 Å². The molecule has 0 saturated carbocycles. The Kier molecular flexibility index (Phi) is 4.25. The molecule has 4 nitrogen and oxygen atoms in total. The second-order valence-electron chi connectivity index (χ2n) is 4.78. The molecule has 0 amide bonds. The molecule has 0 spiro atoms. The van der Waals surface area contributed by atoms with Crippen molar-refractivity contribution in [3.05, 3.63) is 52.7 Å². The van der Waals surface area contributed by atoms with E-state index in [4.69, 9.17) is 15.2 Å². The van der Waals surface area contributed by atoms with E-state index in [0.717, 1.165) is 28.0 Å². The third kappa shape index (κ3) is 2.60. The molecule has 0 aliphatic carbocycles. The number of hydrogen-bond acceptors (Lipinski definition) is 4. The van der Waals surface area contributed by atoms with Crippen molar-refractivity contribution in [3.63, 3.8) is 0 Å². The first-order chi connectivity index (χ1) is 9.58. The van der Waals surface area contributed by atoms with E-state index in [9.17, 15) is 0 Å². The molecule has 2 N–H and O–H groups in total. The van der Waals surface area contributed by atoms with Crippen LogP contribution in [0.15, 0.2) is 30.5 Å². The normalized spacial score (nSPS) is 12.1. The largest absolute Gasteiger partial charge is 0.496 e. The van der Waals surface area contributed by atoms with Gasteiger partial charge in [-0.2, -0.15) is 0 Å². The number of methoxy groups -OCH3 is 2. The minimum Gasteiger partial charge on any atom is -0.496 e. The Morgan fingerprint density at radius 3 is 2.55 bits per heavy atom. The molecule has 0 aliphatic heterocycles. The van der Waals surface area contributed by atoms with Gasteiger partial charge >= 0.3 is 0 Å². The lowest BCUT2D eigenvalue weighted by Crippen LogP contribution is -2.16. The van der Waals surface area contributed by atoms with Gasteiger partial charge in [0.05, 0.1) is 20.3 Å². The van der Waals surface area contributed by atoms with Gasteiger partial charge in [0.15, 0.2) is 0 Å².